The van der Waals surface area contributed by atoms with Crippen molar-refractivity contribution in [3.05, 3.63) is 48.2 Å². The fraction of sp³-hybridized carbons (Fsp3) is 0.400. The average Bonchev–Trinajstić information content (AvgIpc) is 2.99. The van der Waals surface area contributed by atoms with Crippen molar-refractivity contribution in [2.75, 3.05) is 42.9 Å². The van der Waals surface area contributed by atoms with Crippen molar-refractivity contribution < 1.29 is 18.7 Å². The number of fused-ring (bicyclic) bond motifs is 2. The summed E-state index contributed by atoms with van der Waals surface area (Å²) in [5.41, 5.74) is -0.280. The maximum atomic E-state index is 13.4. The van der Waals surface area contributed by atoms with Gasteiger partial charge in [-0.3, -0.25) is 4.90 Å². The predicted molar refractivity (Wildman–Crippen MR) is 106 cm³/mol. The molecule has 3 aliphatic heterocycles. The Labute approximate surface area is 172 Å². The van der Waals surface area contributed by atoms with Crippen LogP contribution in [0.15, 0.2) is 36.5 Å². The second-order valence-corrected chi connectivity index (χ2v) is 7.85. The van der Waals surface area contributed by atoms with E-state index in [1.807, 2.05) is 17.9 Å². The van der Waals surface area contributed by atoms with E-state index in [9.17, 15) is 14.0 Å². The van der Waals surface area contributed by atoms with Crippen molar-refractivity contribution in [2.45, 2.75) is 18.6 Å². The summed E-state index contributed by atoms with van der Waals surface area (Å²) in [6.07, 6.45) is 1.36. The van der Waals surface area contributed by atoms with E-state index in [4.69, 9.17) is 4.74 Å². The Hall–Kier alpha value is -3.43. The van der Waals surface area contributed by atoms with Crippen molar-refractivity contribution in [3.8, 4) is 0 Å². The van der Waals surface area contributed by atoms with Gasteiger partial charge in [0.2, 0.25) is 0 Å². The quantitative estimate of drug-likeness (QED) is 0.810. The van der Waals surface area contributed by atoms with Crippen molar-refractivity contribution in [1.29, 1.82) is 0 Å². The summed E-state index contributed by atoms with van der Waals surface area (Å²) in [7, 11) is 0. The molecule has 1 atom stereocenters. The van der Waals surface area contributed by atoms with Crippen LogP contribution in [-0.4, -0.2) is 76.3 Å². The largest absolute Gasteiger partial charge is 0.437 e. The van der Waals surface area contributed by atoms with Gasteiger partial charge in [-0.1, -0.05) is 6.07 Å². The number of hydrogen-bond acceptors (Lipinski definition) is 6. The van der Waals surface area contributed by atoms with Crippen molar-refractivity contribution in [1.82, 2.24) is 19.8 Å². The molecule has 3 saturated heterocycles. The van der Waals surface area contributed by atoms with E-state index in [0.717, 1.165) is 5.82 Å². The van der Waals surface area contributed by atoms with Crippen LogP contribution < -0.4 is 10.2 Å². The Kier molecular flexibility index (Phi) is 4.23. The van der Waals surface area contributed by atoms with Gasteiger partial charge in [0.25, 0.3) is 0 Å². The van der Waals surface area contributed by atoms with Crippen LogP contribution in [0.4, 0.5) is 25.5 Å². The van der Waals surface area contributed by atoms with Gasteiger partial charge in [0.15, 0.2) is 5.60 Å². The number of aromatic nitrogens is 2. The molecular weight excluding hydrogens is 391 g/mol. The molecular formula is C20H21FN6O3. The fourth-order valence-electron chi connectivity index (χ4n) is 4.36. The summed E-state index contributed by atoms with van der Waals surface area (Å²) in [6.45, 7) is 3.98. The molecule has 3 amide bonds. The average molecular weight is 412 g/mol. The first kappa shape index (κ1) is 18.6. The number of hydrogen-bond donors (Lipinski definition) is 1. The number of amides is 3. The number of nitrogens with zero attached hydrogens (tertiary/aromatic N) is 5. The zero-order valence-electron chi connectivity index (χ0n) is 16.4. The van der Waals surface area contributed by atoms with Crippen LogP contribution in [0.2, 0.25) is 0 Å². The molecule has 0 radical (unpaired) electrons. The number of halogens is 1. The number of rotatable bonds is 2. The van der Waals surface area contributed by atoms with Crippen molar-refractivity contribution >= 4 is 23.6 Å². The topological polar surface area (TPSA) is 90.9 Å². The molecule has 30 heavy (non-hydrogen) atoms. The predicted octanol–water partition coefficient (Wildman–Crippen LogP) is 1.85. The maximum Gasteiger partial charge on any atom is 0.411 e. The van der Waals surface area contributed by atoms with Gasteiger partial charge in [-0.05, 0) is 31.2 Å². The summed E-state index contributed by atoms with van der Waals surface area (Å²) in [5.74, 6) is 1.05. The molecule has 2 aromatic rings. The first-order valence-electron chi connectivity index (χ1n) is 9.79. The molecule has 4 heterocycles. The number of urea groups is 1. The van der Waals surface area contributed by atoms with Gasteiger partial charge in [0.05, 0.1) is 19.1 Å². The van der Waals surface area contributed by atoms with Gasteiger partial charge in [0.1, 0.15) is 17.5 Å². The summed E-state index contributed by atoms with van der Waals surface area (Å²) >= 11 is 0. The number of benzene rings is 1. The Morgan fingerprint density at radius 3 is 2.90 bits per heavy atom. The smallest absolute Gasteiger partial charge is 0.411 e. The maximum absolute atomic E-state index is 13.4. The molecule has 5 rings (SSSR count). The molecule has 3 fully saturated rings. The molecule has 1 N–H and O–H groups in total. The highest BCUT2D eigenvalue weighted by Crippen LogP contribution is 2.41. The first-order valence-corrected chi connectivity index (χ1v) is 9.79. The summed E-state index contributed by atoms with van der Waals surface area (Å²) in [4.78, 5) is 39.1. The Bertz CT molecular complexity index is 1010. The van der Waals surface area contributed by atoms with Crippen LogP contribution in [0.25, 0.3) is 0 Å². The van der Waals surface area contributed by atoms with E-state index < -0.39 is 11.4 Å². The van der Waals surface area contributed by atoms with E-state index in [1.165, 1.54) is 12.1 Å². The van der Waals surface area contributed by atoms with Crippen molar-refractivity contribution in [2.24, 2.45) is 0 Å². The van der Waals surface area contributed by atoms with Gasteiger partial charge in [-0.2, -0.15) is 0 Å². The molecule has 9 nitrogen and oxygen atoms in total. The summed E-state index contributed by atoms with van der Waals surface area (Å²) in [6, 6.07) is 7.03. The van der Waals surface area contributed by atoms with Crippen LogP contribution in [0.1, 0.15) is 5.82 Å². The first-order chi connectivity index (χ1) is 14.4. The van der Waals surface area contributed by atoms with E-state index in [-0.39, 0.29) is 18.2 Å². The van der Waals surface area contributed by atoms with Crippen LogP contribution >= 0.6 is 0 Å². The third-order valence-corrected chi connectivity index (χ3v) is 5.88. The third kappa shape index (κ3) is 3.08. The molecule has 1 unspecified atom stereocenters. The zero-order chi connectivity index (χ0) is 20.9. The lowest BCUT2D eigenvalue weighted by atomic mass is 9.84. The number of piperazine rings is 1. The molecule has 3 aliphatic rings. The Morgan fingerprint density at radius 2 is 2.13 bits per heavy atom. The Morgan fingerprint density at radius 1 is 1.30 bits per heavy atom. The van der Waals surface area contributed by atoms with Gasteiger partial charge >= 0.3 is 12.1 Å². The van der Waals surface area contributed by atoms with Crippen LogP contribution in [0.3, 0.4) is 0 Å². The lowest BCUT2D eigenvalue weighted by molar-refractivity contribution is -0.00308. The molecule has 156 valence electrons. The van der Waals surface area contributed by atoms with Crippen LogP contribution in [0, 0.1) is 12.7 Å². The molecule has 0 bridgehead atoms. The molecule has 10 heteroatoms. The lowest BCUT2D eigenvalue weighted by Gasteiger charge is -2.51. The molecule has 1 spiro atoms. The van der Waals surface area contributed by atoms with E-state index in [0.29, 0.717) is 44.2 Å². The van der Waals surface area contributed by atoms with Crippen LogP contribution in [0.5, 0.6) is 0 Å². The molecule has 1 aromatic carbocycles. The van der Waals surface area contributed by atoms with Gasteiger partial charge < -0.3 is 19.9 Å². The number of anilines is 2. The normalized spacial score (nSPS) is 21.9. The Balaban J connectivity index is 1.29. The zero-order valence-corrected chi connectivity index (χ0v) is 16.4. The summed E-state index contributed by atoms with van der Waals surface area (Å²) in [5, 5.41) is 2.72. The minimum absolute atomic E-state index is 0.240. The van der Waals surface area contributed by atoms with Crippen molar-refractivity contribution in [3.63, 3.8) is 0 Å². The van der Waals surface area contributed by atoms with Crippen LogP contribution in [-0.2, 0) is 4.74 Å². The standard InChI is InChI=1S/C20H21FN6O3/c1-13-22-6-5-17(23-13)26-11-20(12-26)16-10-25(7-8-27(16)19(29)30-20)18(28)24-15-4-2-3-14(21)9-15/h2-6,9,16H,7-8,10-12H2,1H3,(H,24,28). The van der Waals surface area contributed by atoms with Gasteiger partial charge in [-0.15, -0.1) is 0 Å². The SMILES string of the molecule is Cc1nccc(N2CC3(C2)OC(=O)N2CCN(C(=O)Nc4cccc(F)c4)CC23)n1. The number of ether oxygens (including phenoxy) is 1. The van der Waals surface area contributed by atoms with E-state index >= 15 is 0 Å². The van der Waals surface area contributed by atoms with E-state index in [2.05, 4.69) is 15.3 Å². The second kappa shape index (κ2) is 6.82. The van der Waals surface area contributed by atoms with Gasteiger partial charge in [0, 0.05) is 31.5 Å². The number of aryl methyl sites for hydroxylation is 1. The highest BCUT2D eigenvalue weighted by atomic mass is 19.1. The fourth-order valence-corrected chi connectivity index (χ4v) is 4.36. The minimum atomic E-state index is -0.673. The van der Waals surface area contributed by atoms with E-state index in [1.54, 1.807) is 28.1 Å². The number of carbonyl (C=O) groups excluding carboxylic acids is 2. The molecule has 0 aliphatic carbocycles. The number of nitrogens with one attached hydrogen (secondary N) is 1. The monoisotopic (exact) mass is 412 g/mol. The molecule has 0 saturated carbocycles. The highest BCUT2D eigenvalue weighted by molar-refractivity contribution is 5.89. The second-order valence-electron chi connectivity index (χ2n) is 7.85. The lowest BCUT2D eigenvalue weighted by Crippen LogP contribution is -2.71. The van der Waals surface area contributed by atoms with Gasteiger partial charge in [-0.25, -0.2) is 23.9 Å². The minimum Gasteiger partial charge on any atom is -0.437 e. The molecule has 1 aromatic heterocycles. The summed E-state index contributed by atoms with van der Waals surface area (Å²) < 4.78 is 19.2. The third-order valence-electron chi connectivity index (χ3n) is 5.88. The highest BCUT2D eigenvalue weighted by Gasteiger charge is 2.62. The number of carbonyl (C=O) groups is 2.